The number of nitrogens with zero attached hydrogens (tertiary/aromatic N) is 5. The minimum absolute atomic E-state index is 0.0345. The number of carbonyl (C=O) groups excluding carboxylic acids is 4. The molecule has 6 aliphatic rings. The highest BCUT2D eigenvalue weighted by Crippen LogP contribution is 2.46. The predicted molar refractivity (Wildman–Crippen MR) is 209 cm³/mol. The number of alkyl halides is 2. The summed E-state index contributed by atoms with van der Waals surface area (Å²) in [5.41, 5.74) is 5.82. The number of hydrogen-bond acceptors (Lipinski definition) is 7. The molecule has 10 rings (SSSR count). The van der Waals surface area contributed by atoms with Gasteiger partial charge in [0, 0.05) is 97.1 Å². The number of benzene rings is 3. The van der Waals surface area contributed by atoms with Gasteiger partial charge in [0.1, 0.15) is 17.7 Å². The van der Waals surface area contributed by atoms with Gasteiger partial charge in [-0.15, -0.1) is 0 Å². The third-order valence-corrected chi connectivity index (χ3v) is 13.8. The molecule has 2 N–H and O–H groups in total. The fourth-order valence-corrected chi connectivity index (χ4v) is 10.7. The number of H-pyrrole nitrogens is 1. The molecule has 11 nitrogen and oxygen atoms in total. The van der Waals surface area contributed by atoms with E-state index in [1.165, 1.54) is 17.0 Å². The van der Waals surface area contributed by atoms with E-state index < -0.39 is 42.6 Å². The van der Waals surface area contributed by atoms with E-state index in [0.29, 0.717) is 75.6 Å². The van der Waals surface area contributed by atoms with Gasteiger partial charge in [-0.25, -0.2) is 17.6 Å². The van der Waals surface area contributed by atoms with Gasteiger partial charge in [0.2, 0.25) is 17.7 Å². The fraction of sp³-hybridized carbons (Fsp3) is 0.455. The molecule has 3 saturated heterocycles. The standard InChI is InChI=1S/C44H45F4N7O4/c1-24-12-31-29-4-2-3-5-34(29)49-40(31)41(54(24)20-36(47)48)39-32(45)15-28(16-33(39)46)53-22-44(23-53)8-10-52(11-9-44)38(57)21-51-17-25-13-27-19-55(35-6-7-37(56)50-42(35)58)43(59)30(27)14-26(25)18-51/h2-5,13-16,24,35-36,41,49H,6-12,17-23H2,1H3,(H,50,56,58)/t24-,35?,41-/m0/s1. The fourth-order valence-electron chi connectivity index (χ4n) is 10.7. The SMILES string of the molecule is C[C@H]1Cc2c([nH]c3ccccc23)[C@H](c2c(F)cc(N3CC4(CCN(C(=O)CN5Cc6cc7c(cc6C5)C(=O)N(C5CCC(=O)NC5=O)C7)CC4)C3)cc2F)N1CC(F)F. The molecule has 0 bridgehead atoms. The van der Waals surface area contributed by atoms with E-state index in [9.17, 15) is 28.0 Å². The average molecular weight is 812 g/mol. The van der Waals surface area contributed by atoms with Crippen LogP contribution in [0.4, 0.5) is 23.2 Å². The molecule has 0 saturated carbocycles. The summed E-state index contributed by atoms with van der Waals surface area (Å²) in [4.78, 5) is 63.2. The largest absolute Gasteiger partial charge is 0.370 e. The first-order valence-corrected chi connectivity index (χ1v) is 20.5. The molecule has 1 unspecified atom stereocenters. The number of rotatable bonds is 7. The number of fused-ring (bicyclic) bond motifs is 5. The van der Waals surface area contributed by atoms with Crippen LogP contribution >= 0.6 is 0 Å². The maximum Gasteiger partial charge on any atom is 0.255 e. The highest BCUT2D eigenvalue weighted by molar-refractivity contribution is 6.05. The van der Waals surface area contributed by atoms with Crippen molar-refractivity contribution in [3.63, 3.8) is 0 Å². The molecule has 3 aromatic carbocycles. The van der Waals surface area contributed by atoms with Crippen molar-refractivity contribution in [1.82, 2.24) is 29.9 Å². The Morgan fingerprint density at radius 3 is 2.36 bits per heavy atom. The van der Waals surface area contributed by atoms with E-state index in [2.05, 4.69) is 15.2 Å². The highest BCUT2D eigenvalue weighted by Gasteiger charge is 2.47. The monoisotopic (exact) mass is 811 g/mol. The van der Waals surface area contributed by atoms with Crippen LogP contribution in [-0.2, 0) is 40.4 Å². The molecule has 15 heteroatoms. The maximum absolute atomic E-state index is 16.2. The van der Waals surface area contributed by atoms with Crippen molar-refractivity contribution in [3.05, 3.63) is 99.2 Å². The first-order valence-electron chi connectivity index (χ1n) is 20.5. The second kappa shape index (κ2) is 14.2. The third-order valence-electron chi connectivity index (χ3n) is 13.8. The van der Waals surface area contributed by atoms with E-state index in [1.54, 1.807) is 4.90 Å². The summed E-state index contributed by atoms with van der Waals surface area (Å²) >= 11 is 0. The summed E-state index contributed by atoms with van der Waals surface area (Å²) in [6.07, 6.45) is -0.148. The Morgan fingerprint density at radius 1 is 0.932 bits per heavy atom. The number of anilines is 1. The lowest BCUT2D eigenvalue weighted by Crippen LogP contribution is -2.61. The zero-order chi connectivity index (χ0) is 40.9. The van der Waals surface area contributed by atoms with Crippen molar-refractivity contribution in [2.75, 3.05) is 44.2 Å². The molecule has 6 aliphatic heterocycles. The Labute approximate surface area is 338 Å². The molecule has 1 spiro atoms. The lowest BCUT2D eigenvalue weighted by molar-refractivity contribution is -0.137. The lowest BCUT2D eigenvalue weighted by atomic mass is 9.71. The van der Waals surface area contributed by atoms with Gasteiger partial charge in [0.05, 0.1) is 19.1 Å². The Morgan fingerprint density at radius 2 is 1.64 bits per heavy atom. The number of piperidine rings is 2. The molecule has 7 heterocycles. The molecule has 3 fully saturated rings. The number of carbonyl (C=O) groups is 4. The normalized spacial score (nSPS) is 24.2. The zero-order valence-electron chi connectivity index (χ0n) is 32.7. The van der Waals surface area contributed by atoms with Crippen LogP contribution in [0.3, 0.4) is 0 Å². The Hall–Kier alpha value is -5.28. The molecular weight excluding hydrogens is 767 g/mol. The number of likely N-dealkylation sites (tertiary alicyclic amines) is 1. The lowest BCUT2D eigenvalue weighted by Gasteiger charge is -2.55. The number of halogens is 4. The van der Waals surface area contributed by atoms with Gasteiger partial charge in [-0.3, -0.25) is 34.3 Å². The maximum atomic E-state index is 16.2. The topological polar surface area (TPSA) is 112 Å². The van der Waals surface area contributed by atoms with Gasteiger partial charge in [-0.1, -0.05) is 24.3 Å². The van der Waals surface area contributed by atoms with Crippen LogP contribution in [0.25, 0.3) is 10.9 Å². The van der Waals surface area contributed by atoms with E-state index in [1.807, 2.05) is 53.1 Å². The van der Waals surface area contributed by atoms with Crippen LogP contribution in [0, 0.1) is 17.0 Å². The minimum atomic E-state index is -2.68. The number of aromatic nitrogens is 1. The zero-order valence-corrected chi connectivity index (χ0v) is 32.7. The molecule has 3 atom stereocenters. The van der Waals surface area contributed by atoms with Crippen molar-refractivity contribution in [2.45, 2.75) is 83.2 Å². The van der Waals surface area contributed by atoms with Crippen LogP contribution in [0.2, 0.25) is 0 Å². The number of hydrogen-bond donors (Lipinski definition) is 2. The molecule has 1 aromatic heterocycles. The van der Waals surface area contributed by atoms with Crippen LogP contribution in [0.15, 0.2) is 48.5 Å². The number of nitrogens with one attached hydrogen (secondary N) is 2. The van der Waals surface area contributed by atoms with Crippen molar-refractivity contribution in [3.8, 4) is 0 Å². The smallest absolute Gasteiger partial charge is 0.255 e. The van der Waals surface area contributed by atoms with Crippen molar-refractivity contribution >= 4 is 40.2 Å². The van der Waals surface area contributed by atoms with Crippen LogP contribution in [-0.4, -0.2) is 106 Å². The second-order valence-electron chi connectivity index (χ2n) is 17.5. The Balaban J connectivity index is 0.761. The third kappa shape index (κ3) is 6.48. The molecule has 4 amide bonds. The Bertz CT molecular complexity index is 2400. The molecule has 308 valence electrons. The Kier molecular flexibility index (Phi) is 9.12. The summed E-state index contributed by atoms with van der Waals surface area (Å²) < 4.78 is 60.3. The summed E-state index contributed by atoms with van der Waals surface area (Å²) in [7, 11) is 0. The van der Waals surface area contributed by atoms with Gasteiger partial charge >= 0.3 is 0 Å². The summed E-state index contributed by atoms with van der Waals surface area (Å²) in [6.45, 7) is 5.24. The van der Waals surface area contributed by atoms with Crippen LogP contribution < -0.4 is 10.2 Å². The molecule has 0 radical (unpaired) electrons. The van der Waals surface area contributed by atoms with Gasteiger partial charge in [0.15, 0.2) is 0 Å². The quantitative estimate of drug-likeness (QED) is 0.194. The summed E-state index contributed by atoms with van der Waals surface area (Å²) in [5, 5.41) is 3.26. The predicted octanol–water partition coefficient (Wildman–Crippen LogP) is 5.25. The van der Waals surface area contributed by atoms with Gasteiger partial charge in [-0.05, 0) is 79.1 Å². The average Bonchev–Trinajstić information content (AvgIpc) is 3.85. The van der Waals surface area contributed by atoms with Crippen LogP contribution in [0.1, 0.15) is 82.5 Å². The highest BCUT2D eigenvalue weighted by atomic mass is 19.3. The van der Waals surface area contributed by atoms with Crippen molar-refractivity contribution in [2.24, 2.45) is 5.41 Å². The first-order chi connectivity index (χ1) is 28.3. The van der Waals surface area contributed by atoms with Crippen molar-refractivity contribution < 1.29 is 36.7 Å². The van der Waals surface area contributed by atoms with E-state index in [-0.39, 0.29) is 47.7 Å². The van der Waals surface area contributed by atoms with E-state index in [0.717, 1.165) is 46.0 Å². The summed E-state index contributed by atoms with van der Waals surface area (Å²) in [5.74, 6) is -2.47. The number of para-hydroxylation sites is 1. The summed E-state index contributed by atoms with van der Waals surface area (Å²) in [6, 6.07) is 12.1. The molecule has 4 aromatic rings. The van der Waals surface area contributed by atoms with Gasteiger partial charge < -0.3 is 19.7 Å². The second-order valence-corrected chi connectivity index (χ2v) is 17.5. The number of amides is 4. The minimum Gasteiger partial charge on any atom is -0.370 e. The first kappa shape index (κ1) is 38.0. The van der Waals surface area contributed by atoms with Gasteiger partial charge in [-0.2, -0.15) is 0 Å². The number of aromatic amines is 1. The van der Waals surface area contributed by atoms with Gasteiger partial charge in [0.25, 0.3) is 12.3 Å². The molecule has 0 aliphatic carbocycles. The molecular formula is C44H45F4N7O4. The van der Waals surface area contributed by atoms with E-state index >= 15 is 8.78 Å². The van der Waals surface area contributed by atoms with Crippen molar-refractivity contribution in [1.29, 1.82) is 0 Å². The number of imide groups is 1. The molecule has 59 heavy (non-hydrogen) atoms. The van der Waals surface area contributed by atoms with E-state index in [4.69, 9.17) is 0 Å². The van der Waals surface area contributed by atoms with Crippen LogP contribution in [0.5, 0.6) is 0 Å².